The Hall–Kier alpha value is -1.30. The van der Waals surface area contributed by atoms with Crippen LogP contribution in [0.4, 0.5) is 5.69 Å². The van der Waals surface area contributed by atoms with Gasteiger partial charge in [0.15, 0.2) is 0 Å². The largest absolute Gasteiger partial charge is 0.277 e. The Morgan fingerprint density at radius 3 is 2.24 bits per heavy atom. The van der Waals surface area contributed by atoms with Crippen LogP contribution in [0.25, 0.3) is 0 Å². The Balaban J connectivity index is 2.07. The molecule has 0 atom stereocenters. The first-order valence-corrected chi connectivity index (χ1v) is 7.29. The van der Waals surface area contributed by atoms with Gasteiger partial charge in [0.05, 0.1) is 28.0 Å². The zero-order valence-corrected chi connectivity index (χ0v) is 13.4. The number of amides is 2. The van der Waals surface area contributed by atoms with E-state index in [0.717, 1.165) is 0 Å². The Morgan fingerprint density at radius 1 is 1.19 bits per heavy atom. The molecule has 21 heavy (non-hydrogen) atoms. The van der Waals surface area contributed by atoms with Gasteiger partial charge in [-0.15, -0.1) is 0 Å². The summed E-state index contributed by atoms with van der Waals surface area (Å²) in [5, 5.41) is 5.17. The van der Waals surface area contributed by atoms with E-state index >= 15 is 0 Å². The molecule has 0 unspecified atom stereocenters. The van der Waals surface area contributed by atoms with Crippen molar-refractivity contribution in [3.05, 3.63) is 27.2 Å². The number of imide groups is 1. The van der Waals surface area contributed by atoms with E-state index in [1.54, 1.807) is 6.92 Å². The molecule has 5 nitrogen and oxygen atoms in total. The number of rotatable bonds is 4. The van der Waals surface area contributed by atoms with Crippen LogP contribution in [0.15, 0.2) is 17.2 Å². The first-order chi connectivity index (χ1) is 9.88. The molecule has 0 aromatic heterocycles. The zero-order valence-electron chi connectivity index (χ0n) is 11.1. The van der Waals surface area contributed by atoms with Crippen LogP contribution in [0.1, 0.15) is 19.8 Å². The fraction of sp³-hybridized carbons (Fsp3) is 0.308. The molecule has 1 aliphatic heterocycles. The third kappa shape index (κ3) is 3.87. The van der Waals surface area contributed by atoms with Crippen molar-refractivity contribution in [2.24, 2.45) is 5.10 Å². The molecule has 0 radical (unpaired) electrons. The van der Waals surface area contributed by atoms with Gasteiger partial charge in [0.25, 0.3) is 0 Å². The monoisotopic (exact) mass is 347 g/mol. The van der Waals surface area contributed by atoms with Crippen molar-refractivity contribution in [2.75, 3.05) is 12.0 Å². The summed E-state index contributed by atoms with van der Waals surface area (Å²) in [4.78, 5) is 24.2. The summed E-state index contributed by atoms with van der Waals surface area (Å²) < 4.78 is 0. The second-order valence-electron chi connectivity index (χ2n) is 4.58. The van der Waals surface area contributed by atoms with Gasteiger partial charge < -0.3 is 0 Å². The fourth-order valence-electron chi connectivity index (χ4n) is 1.86. The Labute approximate surface area is 136 Å². The van der Waals surface area contributed by atoms with E-state index in [2.05, 4.69) is 10.5 Å². The lowest BCUT2D eigenvalue weighted by Crippen LogP contribution is -2.33. The minimum Gasteiger partial charge on any atom is -0.277 e. The van der Waals surface area contributed by atoms with Crippen molar-refractivity contribution in [1.29, 1.82) is 0 Å². The van der Waals surface area contributed by atoms with Crippen molar-refractivity contribution < 1.29 is 9.59 Å². The van der Waals surface area contributed by atoms with Crippen LogP contribution in [0.3, 0.4) is 0 Å². The van der Waals surface area contributed by atoms with E-state index in [0.29, 0.717) is 26.5 Å². The maximum atomic E-state index is 11.5. The van der Waals surface area contributed by atoms with Gasteiger partial charge in [-0.1, -0.05) is 34.8 Å². The highest BCUT2D eigenvalue weighted by atomic mass is 35.5. The highest BCUT2D eigenvalue weighted by Crippen LogP contribution is 2.33. The average Bonchev–Trinajstić information content (AvgIpc) is 2.69. The lowest BCUT2D eigenvalue weighted by Gasteiger charge is -2.13. The second kappa shape index (κ2) is 6.64. The maximum absolute atomic E-state index is 11.5. The molecule has 1 fully saturated rings. The summed E-state index contributed by atoms with van der Waals surface area (Å²) in [6, 6.07) is 3.07. The van der Waals surface area contributed by atoms with Crippen LogP contribution in [-0.2, 0) is 9.59 Å². The molecular formula is C13H12Cl3N3O2. The van der Waals surface area contributed by atoms with E-state index in [1.165, 1.54) is 17.0 Å². The number of hydrazone groups is 1. The van der Waals surface area contributed by atoms with Crippen molar-refractivity contribution in [3.63, 3.8) is 0 Å². The van der Waals surface area contributed by atoms with E-state index < -0.39 is 0 Å². The Morgan fingerprint density at radius 2 is 1.71 bits per heavy atom. The van der Waals surface area contributed by atoms with Crippen molar-refractivity contribution >= 4 is 58.0 Å². The van der Waals surface area contributed by atoms with Crippen LogP contribution in [0, 0.1) is 0 Å². The van der Waals surface area contributed by atoms with Gasteiger partial charge in [-0.2, -0.15) is 5.10 Å². The fourth-order valence-corrected chi connectivity index (χ4v) is 2.77. The predicted octanol–water partition coefficient (Wildman–Crippen LogP) is 3.58. The number of hydrogen-bond acceptors (Lipinski definition) is 4. The lowest BCUT2D eigenvalue weighted by molar-refractivity contribution is -0.137. The van der Waals surface area contributed by atoms with E-state index in [4.69, 9.17) is 34.8 Å². The molecule has 1 heterocycles. The molecule has 112 valence electrons. The molecule has 0 aliphatic carbocycles. The molecule has 0 bridgehead atoms. The number of carbonyl (C=O) groups is 2. The first kappa shape index (κ1) is 16.1. The highest BCUT2D eigenvalue weighted by molar-refractivity contribution is 6.41. The van der Waals surface area contributed by atoms with Gasteiger partial charge in [-0.25, -0.2) is 0 Å². The molecule has 2 rings (SSSR count). The first-order valence-electron chi connectivity index (χ1n) is 6.15. The zero-order chi connectivity index (χ0) is 15.6. The summed E-state index contributed by atoms with van der Waals surface area (Å²) in [5.74, 6) is -0.366. The SMILES string of the molecule is C/C(CN1C(=O)CCC1=O)=N\Nc1c(Cl)cc(Cl)cc1Cl. The van der Waals surface area contributed by atoms with E-state index in [-0.39, 0.29) is 31.2 Å². The van der Waals surface area contributed by atoms with Crippen molar-refractivity contribution in [2.45, 2.75) is 19.8 Å². The van der Waals surface area contributed by atoms with Crippen molar-refractivity contribution in [1.82, 2.24) is 4.90 Å². The minimum atomic E-state index is -0.183. The summed E-state index contributed by atoms with van der Waals surface area (Å²) >= 11 is 17.8. The van der Waals surface area contributed by atoms with Crippen LogP contribution >= 0.6 is 34.8 Å². The van der Waals surface area contributed by atoms with E-state index in [9.17, 15) is 9.59 Å². The molecule has 1 saturated heterocycles. The number of benzene rings is 1. The topological polar surface area (TPSA) is 61.8 Å². The third-order valence-electron chi connectivity index (χ3n) is 2.91. The molecule has 8 heteroatoms. The normalized spacial score (nSPS) is 15.8. The molecule has 0 spiro atoms. The second-order valence-corrected chi connectivity index (χ2v) is 5.83. The minimum absolute atomic E-state index is 0.146. The lowest BCUT2D eigenvalue weighted by atomic mass is 10.3. The number of nitrogens with zero attached hydrogens (tertiary/aromatic N) is 2. The summed E-state index contributed by atoms with van der Waals surface area (Å²) in [5.41, 5.74) is 3.70. The number of anilines is 1. The van der Waals surface area contributed by atoms with Gasteiger partial charge in [0.1, 0.15) is 0 Å². The number of carbonyl (C=O) groups excluding carboxylic acids is 2. The third-order valence-corrected chi connectivity index (χ3v) is 3.72. The van der Waals surface area contributed by atoms with Gasteiger partial charge >= 0.3 is 0 Å². The van der Waals surface area contributed by atoms with Gasteiger partial charge in [-0.3, -0.25) is 19.9 Å². The molecule has 1 aliphatic rings. The standard InChI is InChI=1S/C13H12Cl3N3O2/c1-7(6-19-11(20)2-3-12(19)21)17-18-13-9(15)4-8(14)5-10(13)16/h4-5,18H,2-3,6H2,1H3/b17-7+. The smallest absolute Gasteiger partial charge is 0.230 e. The van der Waals surface area contributed by atoms with Gasteiger partial charge in [0.2, 0.25) is 11.8 Å². The quantitative estimate of drug-likeness (QED) is 0.514. The summed E-state index contributed by atoms with van der Waals surface area (Å²) in [6.07, 6.45) is 0.517. The van der Waals surface area contributed by atoms with Crippen molar-refractivity contribution in [3.8, 4) is 0 Å². The predicted molar refractivity (Wildman–Crippen MR) is 84.2 cm³/mol. The number of nitrogens with one attached hydrogen (secondary N) is 1. The van der Waals surface area contributed by atoms with Crippen LogP contribution in [-0.4, -0.2) is 29.0 Å². The maximum Gasteiger partial charge on any atom is 0.230 e. The Bertz CT molecular complexity index is 592. The van der Waals surface area contributed by atoms with Crippen LogP contribution in [0.2, 0.25) is 15.1 Å². The van der Waals surface area contributed by atoms with Crippen LogP contribution in [0.5, 0.6) is 0 Å². The molecular weight excluding hydrogens is 337 g/mol. The molecule has 2 amide bonds. The summed E-state index contributed by atoms with van der Waals surface area (Å²) in [7, 11) is 0. The molecule has 1 aromatic rings. The number of hydrogen-bond donors (Lipinski definition) is 1. The molecule has 1 aromatic carbocycles. The number of likely N-dealkylation sites (tertiary alicyclic amines) is 1. The van der Waals surface area contributed by atoms with E-state index in [1.807, 2.05) is 0 Å². The van der Waals surface area contributed by atoms with Gasteiger partial charge in [-0.05, 0) is 19.1 Å². The van der Waals surface area contributed by atoms with Crippen LogP contribution < -0.4 is 5.43 Å². The average molecular weight is 349 g/mol. The molecule has 0 saturated carbocycles. The molecule has 1 N–H and O–H groups in total. The summed E-state index contributed by atoms with van der Waals surface area (Å²) in [6.45, 7) is 1.84. The highest BCUT2D eigenvalue weighted by Gasteiger charge is 2.28. The Kier molecular flexibility index (Phi) is 5.08. The van der Waals surface area contributed by atoms with Gasteiger partial charge in [0, 0.05) is 17.9 Å². The number of halogens is 3.